The van der Waals surface area contributed by atoms with Gasteiger partial charge < -0.3 is 13.9 Å². The number of nitrogens with zero attached hydrogens (tertiary/aromatic N) is 2. The third kappa shape index (κ3) is 4.02. The van der Waals surface area contributed by atoms with Crippen molar-refractivity contribution in [2.45, 2.75) is 62.6 Å². The maximum atomic E-state index is 13.7. The van der Waals surface area contributed by atoms with E-state index in [1.165, 1.54) is 35.6 Å². The van der Waals surface area contributed by atoms with Crippen molar-refractivity contribution in [3.05, 3.63) is 44.4 Å². The van der Waals surface area contributed by atoms with Crippen LogP contribution in [0.15, 0.2) is 26.7 Å². The third-order valence-electron chi connectivity index (χ3n) is 6.27. The Labute approximate surface area is 194 Å². The molecular formula is C23H26N2O5S2. The van der Waals surface area contributed by atoms with Gasteiger partial charge >= 0.3 is 5.97 Å². The molecule has 0 aromatic carbocycles. The van der Waals surface area contributed by atoms with Crippen molar-refractivity contribution in [1.82, 2.24) is 9.55 Å². The predicted octanol–water partition coefficient (Wildman–Crippen LogP) is 4.43. The van der Waals surface area contributed by atoms with Gasteiger partial charge in [0.25, 0.3) is 5.56 Å². The quantitative estimate of drug-likeness (QED) is 0.297. The number of methoxy groups -OCH3 is 1. The second-order valence-corrected chi connectivity index (χ2v) is 10.5. The van der Waals surface area contributed by atoms with Crippen LogP contribution in [0.25, 0.3) is 10.2 Å². The summed E-state index contributed by atoms with van der Waals surface area (Å²) >= 11 is 3.06. The molecule has 0 spiro atoms. The Kier molecular flexibility index (Phi) is 6.14. The van der Waals surface area contributed by atoms with E-state index in [9.17, 15) is 9.59 Å². The van der Waals surface area contributed by atoms with Crippen molar-refractivity contribution in [3.8, 4) is 0 Å². The normalized spacial score (nSPS) is 20.6. The standard InChI is InChI=1S/C23H26N2O5S2/c1-13-5-6-16-18(10-13)32-20-19(16)21(26)25(11-14-4-3-8-29-14)23(24-20)31-12-17-15(7-9-30-17)22(27)28-2/h7,9,13-14H,3-6,8,10-12H2,1-2H3. The van der Waals surface area contributed by atoms with Crippen LogP contribution in [0.5, 0.6) is 0 Å². The maximum absolute atomic E-state index is 13.7. The minimum atomic E-state index is -0.436. The average Bonchev–Trinajstić information content (AvgIpc) is 3.53. The molecular weight excluding hydrogens is 448 g/mol. The molecule has 170 valence electrons. The number of hydrogen-bond acceptors (Lipinski definition) is 8. The van der Waals surface area contributed by atoms with E-state index in [-0.39, 0.29) is 11.7 Å². The van der Waals surface area contributed by atoms with Crippen molar-refractivity contribution in [3.63, 3.8) is 0 Å². The molecule has 2 aliphatic rings. The molecule has 5 rings (SSSR count). The lowest BCUT2D eigenvalue weighted by Gasteiger charge is -2.18. The molecule has 0 N–H and O–H groups in total. The first-order valence-electron chi connectivity index (χ1n) is 11.0. The van der Waals surface area contributed by atoms with Gasteiger partial charge in [0.2, 0.25) is 0 Å². The molecule has 1 fully saturated rings. The fourth-order valence-electron chi connectivity index (χ4n) is 4.54. The lowest BCUT2D eigenvalue weighted by atomic mass is 9.89. The van der Waals surface area contributed by atoms with Gasteiger partial charge in [-0.1, -0.05) is 18.7 Å². The number of carbonyl (C=O) groups excluding carboxylic acids is 1. The topological polar surface area (TPSA) is 83.6 Å². The number of thioether (sulfide) groups is 1. The number of aryl methyl sites for hydroxylation is 1. The molecule has 0 radical (unpaired) electrons. The van der Waals surface area contributed by atoms with Gasteiger partial charge in [0.05, 0.1) is 37.2 Å². The van der Waals surface area contributed by atoms with Crippen LogP contribution in [0.1, 0.15) is 52.7 Å². The van der Waals surface area contributed by atoms with Crippen LogP contribution in [0.2, 0.25) is 0 Å². The minimum absolute atomic E-state index is 0.0210. The maximum Gasteiger partial charge on any atom is 0.341 e. The minimum Gasteiger partial charge on any atom is -0.468 e. The molecule has 0 saturated carbocycles. The van der Waals surface area contributed by atoms with Gasteiger partial charge in [-0.3, -0.25) is 9.36 Å². The zero-order chi connectivity index (χ0) is 22.2. The molecule has 2 atom stereocenters. The summed E-state index contributed by atoms with van der Waals surface area (Å²) in [6, 6.07) is 1.60. The van der Waals surface area contributed by atoms with E-state index in [2.05, 4.69) is 6.92 Å². The molecule has 0 amide bonds. The number of furan rings is 1. The van der Waals surface area contributed by atoms with E-state index >= 15 is 0 Å². The zero-order valence-corrected chi connectivity index (χ0v) is 19.9. The number of aromatic nitrogens is 2. The number of thiophene rings is 1. The second-order valence-electron chi connectivity index (χ2n) is 8.51. The molecule has 0 bridgehead atoms. The molecule has 1 aliphatic carbocycles. The van der Waals surface area contributed by atoms with Crippen molar-refractivity contribution in [2.24, 2.45) is 5.92 Å². The summed E-state index contributed by atoms with van der Waals surface area (Å²) in [5, 5.41) is 1.42. The van der Waals surface area contributed by atoms with Gasteiger partial charge in [-0.25, -0.2) is 9.78 Å². The first-order chi connectivity index (χ1) is 15.5. The molecule has 3 aromatic heterocycles. The summed E-state index contributed by atoms with van der Waals surface area (Å²) in [4.78, 5) is 32.7. The molecule has 3 aromatic rings. The van der Waals surface area contributed by atoms with Gasteiger partial charge in [-0.05, 0) is 49.7 Å². The van der Waals surface area contributed by atoms with Crippen LogP contribution in [-0.2, 0) is 34.6 Å². The number of fused-ring (bicyclic) bond motifs is 3. The Morgan fingerprint density at radius 3 is 3.06 bits per heavy atom. The molecule has 2 unspecified atom stereocenters. The largest absolute Gasteiger partial charge is 0.468 e. The van der Waals surface area contributed by atoms with Crippen molar-refractivity contribution < 1.29 is 18.7 Å². The Balaban J connectivity index is 1.53. The second kappa shape index (κ2) is 9.03. The van der Waals surface area contributed by atoms with Crippen molar-refractivity contribution >= 4 is 39.3 Å². The SMILES string of the molecule is COC(=O)c1ccoc1CSc1nc2sc3c(c2c(=O)n1CC1CCCO1)CCC(C)C3. The molecule has 7 nitrogen and oxygen atoms in total. The van der Waals surface area contributed by atoms with E-state index < -0.39 is 5.97 Å². The van der Waals surface area contributed by atoms with E-state index in [4.69, 9.17) is 18.9 Å². The molecule has 9 heteroatoms. The van der Waals surface area contributed by atoms with E-state index in [0.29, 0.717) is 34.7 Å². The van der Waals surface area contributed by atoms with Gasteiger partial charge in [0, 0.05) is 11.5 Å². The summed E-state index contributed by atoms with van der Waals surface area (Å²) in [6.45, 7) is 3.49. The fourth-order valence-corrected chi connectivity index (χ4v) is 6.93. The zero-order valence-electron chi connectivity index (χ0n) is 18.2. The number of ether oxygens (including phenoxy) is 2. The van der Waals surface area contributed by atoms with Gasteiger partial charge in [-0.15, -0.1) is 11.3 Å². The third-order valence-corrected chi connectivity index (χ3v) is 8.40. The van der Waals surface area contributed by atoms with Crippen LogP contribution >= 0.6 is 23.1 Å². The first-order valence-corrected chi connectivity index (χ1v) is 12.8. The van der Waals surface area contributed by atoms with Crippen LogP contribution < -0.4 is 5.56 Å². The molecule has 4 heterocycles. The Bertz CT molecular complexity index is 1210. The van der Waals surface area contributed by atoms with Crippen LogP contribution in [0, 0.1) is 5.92 Å². The van der Waals surface area contributed by atoms with Crippen LogP contribution in [0.4, 0.5) is 0 Å². The smallest absolute Gasteiger partial charge is 0.341 e. The highest BCUT2D eigenvalue weighted by atomic mass is 32.2. The fraction of sp³-hybridized carbons (Fsp3) is 0.522. The Morgan fingerprint density at radius 1 is 1.41 bits per heavy atom. The van der Waals surface area contributed by atoms with E-state index in [1.54, 1.807) is 22.0 Å². The van der Waals surface area contributed by atoms with Gasteiger partial charge in [0.1, 0.15) is 16.2 Å². The van der Waals surface area contributed by atoms with Crippen molar-refractivity contribution in [2.75, 3.05) is 13.7 Å². The summed E-state index contributed by atoms with van der Waals surface area (Å²) in [6.07, 6.45) is 6.52. The lowest BCUT2D eigenvalue weighted by molar-refractivity contribution is 0.0598. The lowest BCUT2D eigenvalue weighted by Crippen LogP contribution is -2.29. The van der Waals surface area contributed by atoms with Crippen molar-refractivity contribution in [1.29, 1.82) is 0 Å². The molecule has 32 heavy (non-hydrogen) atoms. The summed E-state index contributed by atoms with van der Waals surface area (Å²) in [7, 11) is 1.35. The van der Waals surface area contributed by atoms with Crippen LogP contribution in [-0.4, -0.2) is 35.3 Å². The Hall–Kier alpha value is -2.10. The van der Waals surface area contributed by atoms with E-state index in [0.717, 1.165) is 48.9 Å². The number of hydrogen-bond donors (Lipinski definition) is 0. The number of rotatable bonds is 6. The Morgan fingerprint density at radius 2 is 2.28 bits per heavy atom. The predicted molar refractivity (Wildman–Crippen MR) is 124 cm³/mol. The summed E-state index contributed by atoms with van der Waals surface area (Å²) in [5.74, 6) is 1.09. The monoisotopic (exact) mass is 474 g/mol. The highest BCUT2D eigenvalue weighted by Crippen LogP contribution is 2.37. The average molecular weight is 475 g/mol. The number of carbonyl (C=O) groups is 1. The van der Waals surface area contributed by atoms with Gasteiger partial charge in [-0.2, -0.15) is 0 Å². The highest BCUT2D eigenvalue weighted by molar-refractivity contribution is 7.98. The number of esters is 1. The van der Waals surface area contributed by atoms with E-state index in [1.807, 2.05) is 0 Å². The molecule has 1 aliphatic heterocycles. The summed E-state index contributed by atoms with van der Waals surface area (Å²) in [5.41, 5.74) is 1.61. The van der Waals surface area contributed by atoms with Crippen LogP contribution in [0.3, 0.4) is 0 Å². The van der Waals surface area contributed by atoms with Gasteiger partial charge in [0.15, 0.2) is 5.16 Å². The first kappa shape index (κ1) is 21.7. The highest BCUT2D eigenvalue weighted by Gasteiger charge is 2.27. The summed E-state index contributed by atoms with van der Waals surface area (Å²) < 4.78 is 18.0. The molecule has 1 saturated heterocycles.